The lowest BCUT2D eigenvalue weighted by Crippen LogP contribution is -2.43. The van der Waals surface area contributed by atoms with E-state index in [-0.39, 0.29) is 5.91 Å². The Balaban J connectivity index is 1.54. The van der Waals surface area contributed by atoms with Crippen molar-refractivity contribution >= 4 is 11.4 Å². The number of nitrogens with zero attached hydrogens (tertiary/aromatic N) is 2. The number of amides is 1. The molecule has 2 saturated heterocycles. The molecule has 20 heavy (non-hydrogen) atoms. The molecule has 3 atom stereocenters. The number of carbonyl (C=O) groups excluding carboxylic acids is 1. The minimum absolute atomic E-state index is 0.0603. The zero-order valence-corrected chi connectivity index (χ0v) is 11.7. The molecule has 1 N–H and O–H groups in total. The van der Waals surface area contributed by atoms with Crippen molar-refractivity contribution in [1.29, 1.82) is 0 Å². The van der Waals surface area contributed by atoms with Gasteiger partial charge >= 0.3 is 0 Å². The van der Waals surface area contributed by atoms with E-state index < -0.39 is 0 Å². The number of hydrogen-bond donors (Lipinski definition) is 1. The van der Waals surface area contributed by atoms with E-state index in [4.69, 9.17) is 0 Å². The number of rotatable bonds is 2. The van der Waals surface area contributed by atoms with Crippen molar-refractivity contribution in [3.63, 3.8) is 0 Å². The number of fused-ring (bicyclic) bond motifs is 3. The maximum Gasteiger partial charge on any atom is 0.251 e. The molecule has 4 heteroatoms. The summed E-state index contributed by atoms with van der Waals surface area (Å²) in [6.07, 6.45) is 5.25. The topological polar surface area (TPSA) is 36.8 Å². The third-order valence-electron chi connectivity index (χ3n) is 4.65. The minimum Gasteiger partial charge on any atom is -0.348 e. The summed E-state index contributed by atoms with van der Waals surface area (Å²) in [6, 6.07) is 6.30. The van der Waals surface area contributed by atoms with E-state index >= 15 is 0 Å². The average molecular weight is 269 g/mol. The van der Waals surface area contributed by atoms with E-state index in [1.807, 2.05) is 18.3 Å². The lowest BCUT2D eigenvalue weighted by atomic mass is 10.00. The molecule has 3 unspecified atom stereocenters. The van der Waals surface area contributed by atoms with Crippen molar-refractivity contribution in [3.05, 3.63) is 41.7 Å². The molecule has 0 aliphatic carbocycles. The van der Waals surface area contributed by atoms with Gasteiger partial charge in [-0.25, -0.2) is 0 Å². The van der Waals surface area contributed by atoms with Crippen molar-refractivity contribution < 1.29 is 4.79 Å². The SMILES string of the molecule is Cc1cc2cc(C(=O)NC3CN4CCC3C4)ccn2c1. The molecule has 2 bridgehead atoms. The predicted molar refractivity (Wildman–Crippen MR) is 77.9 cm³/mol. The number of carbonyl (C=O) groups is 1. The molecule has 4 nitrogen and oxygen atoms in total. The Labute approximate surface area is 118 Å². The normalized spacial score (nSPS) is 28.1. The van der Waals surface area contributed by atoms with E-state index in [2.05, 4.69) is 33.8 Å². The van der Waals surface area contributed by atoms with Gasteiger partial charge in [-0.3, -0.25) is 4.79 Å². The van der Waals surface area contributed by atoms with Gasteiger partial charge in [0.15, 0.2) is 0 Å². The summed E-state index contributed by atoms with van der Waals surface area (Å²) < 4.78 is 2.05. The molecule has 2 fully saturated rings. The zero-order chi connectivity index (χ0) is 13.7. The standard InChI is InChI=1S/C16H19N3O/c1-11-6-14-7-12(3-5-19(14)8-11)16(20)17-15-10-18-4-2-13(15)9-18/h3,5-8,13,15H,2,4,9-10H2,1H3,(H,17,20). The smallest absolute Gasteiger partial charge is 0.251 e. The molecule has 2 aromatic heterocycles. The maximum atomic E-state index is 12.4. The van der Waals surface area contributed by atoms with Crippen LogP contribution < -0.4 is 5.32 Å². The van der Waals surface area contributed by atoms with Gasteiger partial charge in [0.1, 0.15) is 0 Å². The number of piperidine rings is 1. The Kier molecular flexibility index (Phi) is 2.60. The van der Waals surface area contributed by atoms with Crippen LogP contribution in [-0.2, 0) is 0 Å². The fourth-order valence-electron chi connectivity index (χ4n) is 3.59. The minimum atomic E-state index is 0.0603. The summed E-state index contributed by atoms with van der Waals surface area (Å²) in [5, 5.41) is 3.21. The summed E-state index contributed by atoms with van der Waals surface area (Å²) in [7, 11) is 0. The highest BCUT2D eigenvalue weighted by Gasteiger charge is 2.38. The van der Waals surface area contributed by atoms with Gasteiger partial charge < -0.3 is 14.6 Å². The quantitative estimate of drug-likeness (QED) is 0.900. The fraction of sp³-hybridized carbons (Fsp3) is 0.438. The molecule has 2 aliphatic rings. The van der Waals surface area contributed by atoms with Crippen LogP contribution in [0.2, 0.25) is 0 Å². The van der Waals surface area contributed by atoms with Gasteiger partial charge in [-0.15, -0.1) is 0 Å². The van der Waals surface area contributed by atoms with Gasteiger partial charge in [0.05, 0.1) is 0 Å². The van der Waals surface area contributed by atoms with Crippen LogP contribution in [0.1, 0.15) is 22.3 Å². The molecule has 0 aromatic carbocycles. The first kappa shape index (κ1) is 12.0. The highest BCUT2D eigenvalue weighted by Crippen LogP contribution is 2.27. The molecular weight excluding hydrogens is 250 g/mol. The Morgan fingerprint density at radius 3 is 3.00 bits per heavy atom. The monoisotopic (exact) mass is 269 g/mol. The number of hydrogen-bond acceptors (Lipinski definition) is 2. The van der Waals surface area contributed by atoms with Crippen molar-refractivity contribution in [2.75, 3.05) is 19.6 Å². The molecule has 0 saturated carbocycles. The number of nitrogens with one attached hydrogen (secondary N) is 1. The molecular formula is C16H19N3O. The Morgan fingerprint density at radius 2 is 2.25 bits per heavy atom. The van der Waals surface area contributed by atoms with Crippen molar-refractivity contribution in [1.82, 2.24) is 14.6 Å². The van der Waals surface area contributed by atoms with Crippen LogP contribution in [0.25, 0.3) is 5.52 Å². The van der Waals surface area contributed by atoms with Gasteiger partial charge in [-0.05, 0) is 49.6 Å². The average Bonchev–Trinajstić information content (AvgIpc) is 3.10. The fourth-order valence-corrected chi connectivity index (χ4v) is 3.59. The summed E-state index contributed by atoms with van der Waals surface area (Å²) >= 11 is 0. The van der Waals surface area contributed by atoms with Gasteiger partial charge in [0, 0.05) is 42.6 Å². The Bertz CT molecular complexity index is 675. The van der Waals surface area contributed by atoms with E-state index in [1.165, 1.54) is 18.5 Å². The summed E-state index contributed by atoms with van der Waals surface area (Å²) in [5.41, 5.74) is 3.05. The lowest BCUT2D eigenvalue weighted by Gasteiger charge is -2.23. The third-order valence-corrected chi connectivity index (χ3v) is 4.65. The Morgan fingerprint density at radius 1 is 1.35 bits per heavy atom. The summed E-state index contributed by atoms with van der Waals surface area (Å²) in [5.74, 6) is 0.711. The zero-order valence-electron chi connectivity index (χ0n) is 11.7. The number of pyridine rings is 1. The largest absolute Gasteiger partial charge is 0.348 e. The van der Waals surface area contributed by atoms with E-state index in [1.54, 1.807) is 0 Å². The molecule has 1 amide bonds. The molecule has 0 spiro atoms. The first-order chi connectivity index (χ1) is 9.69. The molecule has 2 aliphatic heterocycles. The van der Waals surface area contributed by atoms with Crippen molar-refractivity contribution in [2.24, 2.45) is 5.92 Å². The van der Waals surface area contributed by atoms with E-state index in [0.29, 0.717) is 12.0 Å². The molecule has 4 heterocycles. The molecule has 2 aromatic rings. The number of aromatic nitrogens is 1. The Hall–Kier alpha value is -1.81. The summed E-state index contributed by atoms with van der Waals surface area (Å²) in [6.45, 7) is 5.44. The van der Waals surface area contributed by atoms with Gasteiger partial charge in [-0.2, -0.15) is 0 Å². The van der Waals surface area contributed by atoms with Crippen molar-refractivity contribution in [3.8, 4) is 0 Å². The van der Waals surface area contributed by atoms with Crippen LogP contribution >= 0.6 is 0 Å². The number of aryl methyl sites for hydroxylation is 1. The second-order valence-electron chi connectivity index (χ2n) is 6.15. The van der Waals surface area contributed by atoms with Crippen LogP contribution in [0, 0.1) is 12.8 Å². The van der Waals surface area contributed by atoms with Crippen molar-refractivity contribution in [2.45, 2.75) is 19.4 Å². The predicted octanol–water partition coefficient (Wildman–Crippen LogP) is 1.68. The van der Waals surface area contributed by atoms with Crippen LogP contribution in [0.4, 0.5) is 0 Å². The highest BCUT2D eigenvalue weighted by atomic mass is 16.1. The first-order valence-corrected chi connectivity index (χ1v) is 7.30. The van der Waals surface area contributed by atoms with Crippen LogP contribution in [-0.4, -0.2) is 40.9 Å². The van der Waals surface area contributed by atoms with E-state index in [9.17, 15) is 4.79 Å². The van der Waals surface area contributed by atoms with Gasteiger partial charge in [0.25, 0.3) is 5.91 Å². The summed E-state index contributed by atoms with van der Waals surface area (Å²) in [4.78, 5) is 14.8. The van der Waals surface area contributed by atoms with Gasteiger partial charge in [0.2, 0.25) is 0 Å². The second-order valence-corrected chi connectivity index (χ2v) is 6.15. The van der Waals surface area contributed by atoms with Crippen LogP contribution in [0.3, 0.4) is 0 Å². The van der Waals surface area contributed by atoms with Crippen LogP contribution in [0.15, 0.2) is 30.6 Å². The first-order valence-electron chi connectivity index (χ1n) is 7.30. The molecule has 4 rings (SSSR count). The van der Waals surface area contributed by atoms with E-state index in [0.717, 1.165) is 24.2 Å². The molecule has 0 radical (unpaired) electrons. The second kappa shape index (κ2) is 4.35. The third kappa shape index (κ3) is 1.91. The lowest BCUT2D eigenvalue weighted by molar-refractivity contribution is 0.0924. The van der Waals surface area contributed by atoms with Crippen LogP contribution in [0.5, 0.6) is 0 Å². The molecule has 104 valence electrons. The van der Waals surface area contributed by atoms with Gasteiger partial charge in [-0.1, -0.05) is 0 Å². The highest BCUT2D eigenvalue weighted by molar-refractivity contribution is 5.95. The maximum absolute atomic E-state index is 12.4.